The molecule has 0 aromatic heterocycles. The molecule has 4 atom stereocenters. The lowest BCUT2D eigenvalue weighted by Crippen LogP contribution is -2.51. The van der Waals surface area contributed by atoms with Gasteiger partial charge in [-0.3, -0.25) is 0 Å². The summed E-state index contributed by atoms with van der Waals surface area (Å²) in [6, 6.07) is 0.945. The minimum atomic E-state index is -0.587. The van der Waals surface area contributed by atoms with Gasteiger partial charge in [-0.25, -0.2) is 0 Å². The van der Waals surface area contributed by atoms with Crippen LogP contribution in [0.25, 0.3) is 0 Å². The molecule has 3 rings (SSSR count). The second-order valence-electron chi connectivity index (χ2n) is 5.43. The molecule has 3 saturated heterocycles. The van der Waals surface area contributed by atoms with Gasteiger partial charge in [0.25, 0.3) is 0 Å². The van der Waals surface area contributed by atoms with E-state index in [0.29, 0.717) is 25.3 Å². The molecule has 2 N–H and O–H groups in total. The minimum Gasteiger partial charge on any atom is -0.393 e. The van der Waals surface area contributed by atoms with Crippen LogP contribution in [0.3, 0.4) is 0 Å². The number of hydrogen-bond donors (Lipinski definition) is 2. The van der Waals surface area contributed by atoms with Crippen LogP contribution in [0.1, 0.15) is 32.6 Å². The lowest BCUT2D eigenvalue weighted by atomic mass is 9.82. The number of hydrogen-bond acceptors (Lipinski definition) is 4. The number of aliphatic hydroxyl groups is 1. The first-order chi connectivity index (χ1) is 7.69. The van der Waals surface area contributed by atoms with Crippen molar-refractivity contribution in [1.82, 2.24) is 5.32 Å². The highest BCUT2D eigenvalue weighted by Gasteiger charge is 2.50. The molecule has 0 aliphatic carbocycles. The van der Waals surface area contributed by atoms with E-state index < -0.39 is 5.79 Å². The molecule has 0 radical (unpaired) electrons. The molecule has 3 aliphatic rings. The third-order valence-electron chi connectivity index (χ3n) is 4.40. The lowest BCUT2D eigenvalue weighted by Gasteiger charge is -2.38. The fourth-order valence-corrected chi connectivity index (χ4v) is 3.62. The van der Waals surface area contributed by atoms with Gasteiger partial charge >= 0.3 is 0 Å². The zero-order valence-electron chi connectivity index (χ0n) is 9.82. The van der Waals surface area contributed by atoms with E-state index in [0.717, 1.165) is 19.3 Å². The Bertz CT molecular complexity index is 265. The predicted molar refractivity (Wildman–Crippen MR) is 59.0 cm³/mol. The summed E-state index contributed by atoms with van der Waals surface area (Å²) in [4.78, 5) is 0. The average molecular weight is 227 g/mol. The van der Waals surface area contributed by atoms with E-state index in [4.69, 9.17) is 9.47 Å². The van der Waals surface area contributed by atoms with Gasteiger partial charge in [-0.15, -0.1) is 0 Å². The van der Waals surface area contributed by atoms with Crippen LogP contribution in [0.2, 0.25) is 0 Å². The van der Waals surface area contributed by atoms with Gasteiger partial charge in [0.1, 0.15) is 0 Å². The van der Waals surface area contributed by atoms with E-state index in [9.17, 15) is 5.11 Å². The van der Waals surface area contributed by atoms with Gasteiger partial charge in [-0.05, 0) is 32.6 Å². The minimum absolute atomic E-state index is 0.0718. The van der Waals surface area contributed by atoms with Crippen molar-refractivity contribution in [3.05, 3.63) is 0 Å². The van der Waals surface area contributed by atoms with Crippen LogP contribution in [0.5, 0.6) is 0 Å². The van der Waals surface area contributed by atoms with Gasteiger partial charge in [-0.1, -0.05) is 0 Å². The lowest BCUT2D eigenvalue weighted by molar-refractivity contribution is -0.209. The number of rotatable bonds is 1. The molecule has 2 bridgehead atoms. The van der Waals surface area contributed by atoms with Crippen molar-refractivity contribution >= 4 is 0 Å². The summed E-state index contributed by atoms with van der Waals surface area (Å²) in [7, 11) is 0. The van der Waals surface area contributed by atoms with Crippen molar-refractivity contribution in [2.24, 2.45) is 5.92 Å². The second kappa shape index (κ2) is 3.95. The Hall–Kier alpha value is -0.160. The Morgan fingerprint density at radius 2 is 1.81 bits per heavy atom. The van der Waals surface area contributed by atoms with E-state index in [1.807, 2.05) is 6.92 Å². The molecule has 4 nitrogen and oxygen atoms in total. The Balaban J connectivity index is 1.84. The topological polar surface area (TPSA) is 50.7 Å². The monoisotopic (exact) mass is 227 g/mol. The van der Waals surface area contributed by atoms with Crippen LogP contribution in [0.15, 0.2) is 0 Å². The van der Waals surface area contributed by atoms with Crippen molar-refractivity contribution in [2.75, 3.05) is 13.2 Å². The highest BCUT2D eigenvalue weighted by Crippen LogP contribution is 2.40. The largest absolute Gasteiger partial charge is 0.393 e. The fourth-order valence-electron chi connectivity index (χ4n) is 3.62. The molecule has 4 heteroatoms. The molecule has 0 unspecified atom stereocenters. The SMILES string of the molecule is CC1([C@@H]2[C@H](O)CC[C@H]3CC[C@@H]2N3)OCCO1. The van der Waals surface area contributed by atoms with E-state index in [1.54, 1.807) is 0 Å². The van der Waals surface area contributed by atoms with Crippen molar-refractivity contribution in [2.45, 2.75) is 56.6 Å². The maximum absolute atomic E-state index is 10.3. The van der Waals surface area contributed by atoms with Gasteiger partial charge in [0.05, 0.1) is 25.2 Å². The molecule has 0 spiro atoms. The van der Waals surface area contributed by atoms with E-state index in [-0.39, 0.29) is 12.0 Å². The van der Waals surface area contributed by atoms with Crippen LogP contribution in [-0.4, -0.2) is 42.3 Å². The second-order valence-corrected chi connectivity index (χ2v) is 5.43. The third kappa shape index (κ3) is 1.68. The molecule has 3 aliphatic heterocycles. The first kappa shape index (κ1) is 11.0. The highest BCUT2D eigenvalue weighted by atomic mass is 16.7. The van der Waals surface area contributed by atoms with Gasteiger partial charge < -0.3 is 19.9 Å². The summed E-state index contributed by atoms with van der Waals surface area (Å²) in [6.45, 7) is 3.28. The Morgan fingerprint density at radius 1 is 1.12 bits per heavy atom. The molecule has 0 amide bonds. The molecular formula is C12H21NO3. The first-order valence-electron chi connectivity index (χ1n) is 6.41. The van der Waals surface area contributed by atoms with Gasteiger partial charge in [0.2, 0.25) is 0 Å². The molecule has 3 heterocycles. The number of ether oxygens (including phenoxy) is 2. The van der Waals surface area contributed by atoms with Crippen LogP contribution < -0.4 is 5.32 Å². The zero-order valence-corrected chi connectivity index (χ0v) is 9.82. The average Bonchev–Trinajstić information content (AvgIpc) is 2.81. The van der Waals surface area contributed by atoms with Crippen LogP contribution >= 0.6 is 0 Å². The Kier molecular flexibility index (Phi) is 2.70. The molecule has 0 saturated carbocycles. The summed E-state index contributed by atoms with van der Waals surface area (Å²) >= 11 is 0. The van der Waals surface area contributed by atoms with Crippen LogP contribution in [0.4, 0.5) is 0 Å². The molecular weight excluding hydrogens is 206 g/mol. The fraction of sp³-hybridized carbons (Fsp3) is 1.00. The maximum Gasteiger partial charge on any atom is 0.172 e. The van der Waals surface area contributed by atoms with E-state index in [1.165, 1.54) is 6.42 Å². The van der Waals surface area contributed by atoms with Crippen molar-refractivity contribution < 1.29 is 14.6 Å². The van der Waals surface area contributed by atoms with Gasteiger partial charge in [0, 0.05) is 12.1 Å². The van der Waals surface area contributed by atoms with Crippen LogP contribution in [-0.2, 0) is 9.47 Å². The summed E-state index contributed by atoms with van der Waals surface area (Å²) in [5.41, 5.74) is 0. The standard InChI is InChI=1S/C12H21NO3/c1-12(15-6-7-16-12)11-9-4-2-8(13-9)3-5-10(11)14/h8-11,13-14H,2-7H2,1H3/t8-,9+,10-,11+/m1/s1. The number of fused-ring (bicyclic) bond motifs is 2. The van der Waals surface area contributed by atoms with Crippen LogP contribution in [0, 0.1) is 5.92 Å². The summed E-state index contributed by atoms with van der Waals surface area (Å²) < 4.78 is 11.5. The van der Waals surface area contributed by atoms with Gasteiger partial charge in [0.15, 0.2) is 5.79 Å². The maximum atomic E-state index is 10.3. The van der Waals surface area contributed by atoms with Crippen molar-refractivity contribution in [3.8, 4) is 0 Å². The quantitative estimate of drug-likeness (QED) is 0.690. The third-order valence-corrected chi connectivity index (χ3v) is 4.40. The molecule has 0 aromatic carbocycles. The Labute approximate surface area is 96.3 Å². The summed E-state index contributed by atoms with van der Waals surface area (Å²) in [6.07, 6.45) is 4.00. The smallest absolute Gasteiger partial charge is 0.172 e. The molecule has 92 valence electrons. The first-order valence-corrected chi connectivity index (χ1v) is 6.41. The van der Waals surface area contributed by atoms with E-state index in [2.05, 4.69) is 5.32 Å². The van der Waals surface area contributed by atoms with Crippen molar-refractivity contribution in [1.29, 1.82) is 0 Å². The Morgan fingerprint density at radius 3 is 2.56 bits per heavy atom. The zero-order chi connectivity index (χ0) is 11.2. The summed E-state index contributed by atoms with van der Waals surface area (Å²) in [5, 5.41) is 13.9. The highest BCUT2D eigenvalue weighted by molar-refractivity contribution is 5.00. The molecule has 3 fully saturated rings. The predicted octanol–water partition coefficient (Wildman–Crippen LogP) is 0.641. The molecule has 0 aromatic rings. The summed E-state index contributed by atoms with van der Waals surface area (Å²) in [5.74, 6) is -0.515. The van der Waals surface area contributed by atoms with Gasteiger partial charge in [-0.2, -0.15) is 0 Å². The normalized spacial score (nSPS) is 46.9. The molecule has 16 heavy (non-hydrogen) atoms. The number of aliphatic hydroxyl groups excluding tert-OH is 1. The van der Waals surface area contributed by atoms with Crippen molar-refractivity contribution in [3.63, 3.8) is 0 Å². The van der Waals surface area contributed by atoms with E-state index >= 15 is 0 Å². The number of nitrogens with one attached hydrogen (secondary N) is 1.